The summed E-state index contributed by atoms with van der Waals surface area (Å²) in [4.78, 5) is 15.5. The first kappa shape index (κ1) is 12.5. The molecule has 1 fully saturated rings. The molecule has 1 N–H and O–H groups in total. The topological polar surface area (TPSA) is 43.8 Å². The van der Waals surface area contributed by atoms with Crippen molar-refractivity contribution in [1.29, 1.82) is 0 Å². The zero-order valence-corrected chi connectivity index (χ0v) is 10.1. The van der Waals surface area contributed by atoms with Gasteiger partial charge in [0.15, 0.2) is 0 Å². The second-order valence-corrected chi connectivity index (χ2v) is 4.64. The van der Waals surface area contributed by atoms with E-state index < -0.39 is 5.97 Å². The summed E-state index contributed by atoms with van der Waals surface area (Å²) in [7, 11) is 6.04. The lowest BCUT2D eigenvalue weighted by Crippen LogP contribution is -2.57. The van der Waals surface area contributed by atoms with Crippen LogP contribution < -0.4 is 0 Å². The maximum atomic E-state index is 11.2. The summed E-state index contributed by atoms with van der Waals surface area (Å²) < 4.78 is 0. The van der Waals surface area contributed by atoms with Gasteiger partial charge in [0.2, 0.25) is 0 Å². The Morgan fingerprint density at radius 1 is 1.53 bits per heavy atom. The van der Waals surface area contributed by atoms with E-state index in [4.69, 9.17) is 0 Å². The quantitative estimate of drug-likeness (QED) is 0.752. The van der Waals surface area contributed by atoms with E-state index in [2.05, 4.69) is 23.8 Å². The number of aliphatic carboxylic acids is 1. The molecule has 0 aromatic heterocycles. The molecular formula is C11H22N2O2. The van der Waals surface area contributed by atoms with Crippen LogP contribution in [0, 0.1) is 5.92 Å². The molecule has 0 radical (unpaired) electrons. The fourth-order valence-electron chi connectivity index (χ4n) is 2.73. The van der Waals surface area contributed by atoms with Crippen LogP contribution in [0.1, 0.15) is 19.8 Å². The SMILES string of the molecule is CCC1C(N(C)C)C(C(=O)O)CCN1C. The number of carboxylic acid groups (broad SMARTS) is 1. The molecule has 0 aromatic rings. The summed E-state index contributed by atoms with van der Waals surface area (Å²) in [5, 5.41) is 9.21. The highest BCUT2D eigenvalue weighted by Crippen LogP contribution is 2.27. The van der Waals surface area contributed by atoms with Gasteiger partial charge in [-0.05, 0) is 40.5 Å². The van der Waals surface area contributed by atoms with Gasteiger partial charge in [-0.15, -0.1) is 0 Å². The minimum atomic E-state index is -0.653. The van der Waals surface area contributed by atoms with E-state index in [1.165, 1.54) is 0 Å². The fraction of sp³-hybridized carbons (Fsp3) is 0.909. The fourth-order valence-corrected chi connectivity index (χ4v) is 2.73. The van der Waals surface area contributed by atoms with Gasteiger partial charge in [0.25, 0.3) is 0 Å². The van der Waals surface area contributed by atoms with Gasteiger partial charge in [-0.25, -0.2) is 0 Å². The van der Waals surface area contributed by atoms with Crippen LogP contribution in [0.5, 0.6) is 0 Å². The molecule has 15 heavy (non-hydrogen) atoms. The van der Waals surface area contributed by atoms with E-state index in [1.54, 1.807) is 0 Å². The molecule has 1 heterocycles. The summed E-state index contributed by atoms with van der Waals surface area (Å²) in [5.74, 6) is -0.874. The monoisotopic (exact) mass is 214 g/mol. The highest BCUT2D eigenvalue weighted by Gasteiger charge is 2.40. The van der Waals surface area contributed by atoms with Crippen molar-refractivity contribution in [2.45, 2.75) is 31.8 Å². The number of hydrogen-bond acceptors (Lipinski definition) is 3. The lowest BCUT2D eigenvalue weighted by atomic mass is 9.84. The molecule has 4 nitrogen and oxygen atoms in total. The third kappa shape index (κ3) is 2.49. The molecule has 0 amide bonds. The average molecular weight is 214 g/mol. The molecule has 0 saturated carbocycles. The van der Waals surface area contributed by atoms with Crippen molar-refractivity contribution in [3.63, 3.8) is 0 Å². The van der Waals surface area contributed by atoms with Crippen molar-refractivity contribution in [2.75, 3.05) is 27.7 Å². The van der Waals surface area contributed by atoms with E-state index in [1.807, 2.05) is 14.1 Å². The Kier molecular flexibility index (Phi) is 4.11. The molecule has 1 aliphatic rings. The van der Waals surface area contributed by atoms with Crippen molar-refractivity contribution >= 4 is 5.97 Å². The Bertz CT molecular complexity index is 231. The number of carbonyl (C=O) groups is 1. The van der Waals surface area contributed by atoms with Crippen molar-refractivity contribution in [2.24, 2.45) is 5.92 Å². The molecule has 1 aliphatic heterocycles. The van der Waals surface area contributed by atoms with Crippen molar-refractivity contribution in [1.82, 2.24) is 9.80 Å². The zero-order valence-electron chi connectivity index (χ0n) is 10.1. The Labute approximate surface area is 91.9 Å². The molecule has 0 aromatic carbocycles. The molecule has 88 valence electrons. The first-order chi connectivity index (χ1) is 6.99. The Hall–Kier alpha value is -0.610. The number of likely N-dealkylation sites (tertiary alicyclic amines) is 1. The lowest BCUT2D eigenvalue weighted by molar-refractivity contribution is -0.147. The van der Waals surface area contributed by atoms with Crippen LogP contribution in [0.3, 0.4) is 0 Å². The predicted molar refractivity (Wildman–Crippen MR) is 59.9 cm³/mol. The van der Waals surface area contributed by atoms with E-state index in [-0.39, 0.29) is 12.0 Å². The van der Waals surface area contributed by atoms with Gasteiger partial charge in [-0.3, -0.25) is 4.79 Å². The number of likely N-dealkylation sites (N-methyl/N-ethyl adjacent to an activating group) is 2. The maximum Gasteiger partial charge on any atom is 0.308 e. The summed E-state index contributed by atoms with van der Waals surface area (Å²) in [6.45, 7) is 3.02. The van der Waals surface area contributed by atoms with Gasteiger partial charge in [-0.2, -0.15) is 0 Å². The summed E-state index contributed by atoms with van der Waals surface area (Å²) in [5.41, 5.74) is 0. The molecule has 0 spiro atoms. The van der Waals surface area contributed by atoms with E-state index in [0.717, 1.165) is 19.4 Å². The second-order valence-electron chi connectivity index (χ2n) is 4.64. The summed E-state index contributed by atoms with van der Waals surface area (Å²) in [6.07, 6.45) is 1.76. The Balaban J connectivity index is 2.87. The van der Waals surface area contributed by atoms with Crippen molar-refractivity contribution < 1.29 is 9.90 Å². The normalized spacial score (nSPS) is 33.3. The highest BCUT2D eigenvalue weighted by molar-refractivity contribution is 5.71. The van der Waals surface area contributed by atoms with Crippen molar-refractivity contribution in [3.05, 3.63) is 0 Å². The van der Waals surface area contributed by atoms with Gasteiger partial charge < -0.3 is 14.9 Å². The Morgan fingerprint density at radius 3 is 2.53 bits per heavy atom. The lowest BCUT2D eigenvalue weighted by Gasteiger charge is -2.45. The zero-order chi connectivity index (χ0) is 11.6. The van der Waals surface area contributed by atoms with Crippen LogP contribution in [-0.2, 0) is 4.79 Å². The van der Waals surface area contributed by atoms with E-state index >= 15 is 0 Å². The molecule has 1 rings (SSSR count). The molecule has 1 saturated heterocycles. The summed E-state index contributed by atoms with van der Waals surface area (Å²) >= 11 is 0. The maximum absolute atomic E-state index is 11.2. The third-order valence-corrected chi connectivity index (χ3v) is 3.50. The second kappa shape index (κ2) is 4.94. The number of nitrogens with zero attached hydrogens (tertiary/aromatic N) is 2. The van der Waals surface area contributed by atoms with Gasteiger partial charge in [-0.1, -0.05) is 6.92 Å². The van der Waals surface area contributed by atoms with Crippen LogP contribution in [0.2, 0.25) is 0 Å². The molecular weight excluding hydrogens is 192 g/mol. The van der Waals surface area contributed by atoms with Gasteiger partial charge >= 0.3 is 5.97 Å². The molecule has 3 atom stereocenters. The smallest absolute Gasteiger partial charge is 0.308 e. The number of rotatable bonds is 3. The number of carboxylic acids is 1. The molecule has 3 unspecified atom stereocenters. The highest BCUT2D eigenvalue weighted by atomic mass is 16.4. The first-order valence-corrected chi connectivity index (χ1v) is 5.58. The molecule has 4 heteroatoms. The molecule has 0 aliphatic carbocycles. The van der Waals surface area contributed by atoms with Gasteiger partial charge in [0, 0.05) is 12.1 Å². The minimum Gasteiger partial charge on any atom is -0.481 e. The largest absolute Gasteiger partial charge is 0.481 e. The predicted octanol–water partition coefficient (Wildman–Crippen LogP) is 0.732. The molecule has 0 bridgehead atoms. The number of hydrogen-bond donors (Lipinski definition) is 1. The summed E-state index contributed by atoms with van der Waals surface area (Å²) in [6, 6.07) is 0.487. The first-order valence-electron chi connectivity index (χ1n) is 5.58. The van der Waals surface area contributed by atoms with Crippen LogP contribution in [-0.4, -0.2) is 60.6 Å². The van der Waals surface area contributed by atoms with Crippen molar-refractivity contribution in [3.8, 4) is 0 Å². The van der Waals surface area contributed by atoms with Crippen LogP contribution in [0.25, 0.3) is 0 Å². The van der Waals surface area contributed by atoms with Gasteiger partial charge in [0.1, 0.15) is 0 Å². The van der Waals surface area contributed by atoms with Crippen LogP contribution in [0.4, 0.5) is 0 Å². The van der Waals surface area contributed by atoms with Crippen LogP contribution >= 0.6 is 0 Å². The van der Waals surface area contributed by atoms with E-state index in [0.29, 0.717) is 6.04 Å². The minimum absolute atomic E-state index is 0.131. The standard InChI is InChI=1S/C11H22N2O2/c1-5-9-10(12(2)3)8(11(14)15)6-7-13(9)4/h8-10H,5-7H2,1-4H3,(H,14,15). The Morgan fingerprint density at radius 2 is 2.13 bits per heavy atom. The van der Waals surface area contributed by atoms with Crippen LogP contribution in [0.15, 0.2) is 0 Å². The third-order valence-electron chi connectivity index (χ3n) is 3.50. The average Bonchev–Trinajstić information content (AvgIpc) is 2.16. The van der Waals surface area contributed by atoms with Gasteiger partial charge in [0.05, 0.1) is 5.92 Å². The number of piperidine rings is 1. The van der Waals surface area contributed by atoms with E-state index in [9.17, 15) is 9.90 Å².